The molecule has 5 amide bonds. The SMILES string of the molecule is CN[C@H](C(=O)N[C@H](C(=O)N(C)[C@H](/C=C(\C)C(=O)N[C@H](CCC(=O)ON1C(=O)CCC1=O)C(=O)O)C(C)C)C(C)(C)C)C(C)(C)c1cn(C)c2ccccc12. The van der Waals surface area contributed by atoms with Crippen molar-refractivity contribution >= 4 is 52.4 Å². The number of aryl methyl sites for hydroxylation is 1. The number of hydrogen-bond donors (Lipinski definition) is 4. The molecule has 0 radical (unpaired) electrons. The molecule has 0 unspecified atom stereocenters. The zero-order valence-electron chi connectivity index (χ0n) is 33.2. The van der Waals surface area contributed by atoms with Crippen molar-refractivity contribution in [2.24, 2.45) is 18.4 Å². The maximum absolute atomic E-state index is 14.3. The smallest absolute Gasteiger partial charge is 0.333 e. The van der Waals surface area contributed by atoms with Gasteiger partial charge in [-0.3, -0.25) is 24.0 Å². The van der Waals surface area contributed by atoms with Crippen molar-refractivity contribution in [1.29, 1.82) is 0 Å². The average molecular weight is 753 g/mol. The molecule has 15 heteroatoms. The molecule has 1 saturated heterocycles. The number of imide groups is 1. The molecule has 0 spiro atoms. The van der Waals surface area contributed by atoms with Crippen LogP contribution in [0.15, 0.2) is 42.1 Å². The largest absolute Gasteiger partial charge is 0.480 e. The summed E-state index contributed by atoms with van der Waals surface area (Å²) in [5, 5.41) is 19.8. The lowest BCUT2D eigenvalue weighted by Gasteiger charge is -2.39. The second kappa shape index (κ2) is 17.4. The molecule has 15 nitrogen and oxygen atoms in total. The number of carbonyl (C=O) groups is 7. The standard InChI is InChI=1S/C39H56N6O9/c1-22(2)28(20-23(3)34(49)41-26(37(52)53)16-19-31(48)54-45-29(46)17-18-30(45)47)44(11)36(51)33(38(4,5)6)42-35(50)32(40-9)39(7,8)25-21-43(10)27-15-13-12-14-24(25)27/h12-15,20-22,26,28,32-33,40H,16-19H2,1-11H3,(H,41,49)(H,42,50)(H,52,53)/b23-20+/t26-,28-,32-,33-/m1/s1. The Morgan fingerprint density at radius 1 is 0.981 bits per heavy atom. The normalized spacial score (nSPS) is 16.2. The number of nitrogens with zero attached hydrogens (tertiary/aromatic N) is 3. The molecule has 1 fully saturated rings. The number of carboxylic acids is 1. The second-order valence-electron chi connectivity index (χ2n) is 15.9. The van der Waals surface area contributed by atoms with Gasteiger partial charge in [-0.25, -0.2) is 9.59 Å². The number of fused-ring (bicyclic) bond motifs is 1. The molecule has 2 aromatic rings. The van der Waals surface area contributed by atoms with Gasteiger partial charge in [-0.2, -0.15) is 0 Å². The first-order chi connectivity index (χ1) is 25.0. The Kier molecular flexibility index (Phi) is 14.0. The quantitative estimate of drug-likeness (QED) is 0.146. The van der Waals surface area contributed by atoms with E-state index in [2.05, 4.69) is 16.0 Å². The zero-order chi connectivity index (χ0) is 40.9. The summed E-state index contributed by atoms with van der Waals surface area (Å²) >= 11 is 0. The number of rotatable bonds is 16. The third-order valence-corrected chi connectivity index (χ3v) is 9.96. The highest BCUT2D eigenvalue weighted by Crippen LogP contribution is 2.35. The van der Waals surface area contributed by atoms with E-state index in [4.69, 9.17) is 4.84 Å². The molecule has 54 heavy (non-hydrogen) atoms. The Bertz CT molecular complexity index is 1790. The fraction of sp³-hybridized carbons (Fsp3) is 0.564. The van der Waals surface area contributed by atoms with Crippen LogP contribution in [0.4, 0.5) is 0 Å². The fourth-order valence-corrected chi connectivity index (χ4v) is 6.74. The van der Waals surface area contributed by atoms with Gasteiger partial charge in [0.2, 0.25) is 17.7 Å². The number of para-hydroxylation sites is 1. The number of aromatic nitrogens is 1. The summed E-state index contributed by atoms with van der Waals surface area (Å²) in [6.45, 7) is 14.8. The average Bonchev–Trinajstić information content (AvgIpc) is 3.60. The van der Waals surface area contributed by atoms with E-state index in [1.165, 1.54) is 11.8 Å². The summed E-state index contributed by atoms with van der Waals surface area (Å²) < 4.78 is 2.03. The van der Waals surface area contributed by atoms with E-state index in [-0.39, 0.29) is 42.6 Å². The fourth-order valence-electron chi connectivity index (χ4n) is 6.74. The summed E-state index contributed by atoms with van der Waals surface area (Å²) in [6.07, 6.45) is 2.56. The molecule has 296 valence electrons. The maximum Gasteiger partial charge on any atom is 0.333 e. The molecule has 2 heterocycles. The number of amides is 5. The lowest BCUT2D eigenvalue weighted by atomic mass is 9.76. The predicted molar refractivity (Wildman–Crippen MR) is 201 cm³/mol. The number of nitrogens with one attached hydrogen (secondary N) is 3. The van der Waals surface area contributed by atoms with Crippen molar-refractivity contribution in [3.8, 4) is 0 Å². The monoisotopic (exact) mass is 752 g/mol. The number of likely N-dealkylation sites (N-methyl/N-ethyl adjacent to an activating group) is 2. The van der Waals surface area contributed by atoms with Crippen LogP contribution in [0.2, 0.25) is 0 Å². The number of carboxylic acid groups (broad SMARTS) is 1. The maximum atomic E-state index is 14.3. The predicted octanol–water partition coefficient (Wildman–Crippen LogP) is 2.96. The van der Waals surface area contributed by atoms with Crippen molar-refractivity contribution in [3.05, 3.63) is 47.7 Å². The highest BCUT2D eigenvalue weighted by molar-refractivity contribution is 6.01. The van der Waals surface area contributed by atoms with Crippen molar-refractivity contribution in [3.63, 3.8) is 0 Å². The first-order valence-electron chi connectivity index (χ1n) is 18.1. The van der Waals surface area contributed by atoms with E-state index < -0.39 is 71.1 Å². The van der Waals surface area contributed by atoms with Gasteiger partial charge in [-0.15, -0.1) is 5.06 Å². The Hall–Kier alpha value is -5.05. The first-order valence-corrected chi connectivity index (χ1v) is 18.1. The van der Waals surface area contributed by atoms with Crippen LogP contribution < -0.4 is 16.0 Å². The van der Waals surface area contributed by atoms with E-state index in [0.29, 0.717) is 5.06 Å². The summed E-state index contributed by atoms with van der Waals surface area (Å²) in [5.74, 6) is -5.41. The van der Waals surface area contributed by atoms with Crippen LogP contribution in [0.1, 0.15) is 86.6 Å². The van der Waals surface area contributed by atoms with Crippen LogP contribution in [-0.4, -0.2) is 99.4 Å². The van der Waals surface area contributed by atoms with Crippen LogP contribution in [0, 0.1) is 11.3 Å². The highest BCUT2D eigenvalue weighted by Gasteiger charge is 2.42. The Morgan fingerprint density at radius 2 is 1.57 bits per heavy atom. The minimum Gasteiger partial charge on any atom is -0.480 e. The topological polar surface area (TPSA) is 196 Å². The summed E-state index contributed by atoms with van der Waals surface area (Å²) in [4.78, 5) is 95.6. The molecule has 3 rings (SSSR count). The van der Waals surface area contributed by atoms with E-state index >= 15 is 0 Å². The van der Waals surface area contributed by atoms with Crippen LogP contribution in [0.5, 0.6) is 0 Å². The summed E-state index contributed by atoms with van der Waals surface area (Å²) in [6, 6.07) is 4.17. The summed E-state index contributed by atoms with van der Waals surface area (Å²) in [5.41, 5.74) is 0.727. The molecule has 1 aliphatic heterocycles. The van der Waals surface area contributed by atoms with E-state index in [1.54, 1.807) is 20.2 Å². The third kappa shape index (κ3) is 9.92. The van der Waals surface area contributed by atoms with Gasteiger partial charge in [0.15, 0.2) is 0 Å². The molecule has 1 aromatic carbocycles. The lowest BCUT2D eigenvalue weighted by molar-refractivity contribution is -0.197. The van der Waals surface area contributed by atoms with Gasteiger partial charge in [0.05, 0.1) is 18.5 Å². The molecule has 4 atom stereocenters. The lowest BCUT2D eigenvalue weighted by Crippen LogP contribution is -2.61. The molecule has 0 bridgehead atoms. The Balaban J connectivity index is 1.77. The van der Waals surface area contributed by atoms with Crippen molar-refractivity contribution in [2.45, 2.75) is 111 Å². The number of aliphatic carboxylic acids is 1. The number of hydroxylamine groups is 2. The zero-order valence-corrected chi connectivity index (χ0v) is 33.2. The van der Waals surface area contributed by atoms with E-state index in [1.807, 2.05) is 90.5 Å². The summed E-state index contributed by atoms with van der Waals surface area (Å²) in [7, 11) is 5.27. The van der Waals surface area contributed by atoms with Gasteiger partial charge in [-0.1, -0.05) is 72.7 Å². The van der Waals surface area contributed by atoms with Gasteiger partial charge in [-0.05, 0) is 43.4 Å². The molecule has 1 aromatic heterocycles. The van der Waals surface area contributed by atoms with Gasteiger partial charge >= 0.3 is 11.9 Å². The van der Waals surface area contributed by atoms with Crippen molar-refractivity contribution in [2.75, 3.05) is 14.1 Å². The van der Waals surface area contributed by atoms with Gasteiger partial charge in [0.25, 0.3) is 11.8 Å². The number of benzene rings is 1. The van der Waals surface area contributed by atoms with Crippen LogP contribution in [0.25, 0.3) is 10.9 Å². The van der Waals surface area contributed by atoms with E-state index in [9.17, 15) is 38.7 Å². The molecule has 1 aliphatic rings. The molecule has 0 aliphatic carbocycles. The van der Waals surface area contributed by atoms with Crippen LogP contribution in [-0.2, 0) is 50.9 Å². The Morgan fingerprint density at radius 3 is 2.11 bits per heavy atom. The minimum absolute atomic E-state index is 0.0864. The second-order valence-corrected chi connectivity index (χ2v) is 15.9. The first kappa shape index (κ1) is 43.4. The number of carbonyl (C=O) groups excluding carboxylic acids is 6. The van der Waals surface area contributed by atoms with Crippen LogP contribution >= 0.6 is 0 Å². The highest BCUT2D eigenvalue weighted by atomic mass is 16.7. The van der Waals surface area contributed by atoms with E-state index in [0.717, 1.165) is 16.5 Å². The van der Waals surface area contributed by atoms with Crippen LogP contribution in [0.3, 0.4) is 0 Å². The molecule has 0 saturated carbocycles. The number of hydrogen-bond acceptors (Lipinski definition) is 9. The Labute approximate surface area is 316 Å². The third-order valence-electron chi connectivity index (χ3n) is 9.96. The van der Waals surface area contributed by atoms with Crippen molar-refractivity contribution in [1.82, 2.24) is 30.5 Å². The van der Waals surface area contributed by atoms with Gasteiger partial charge in [0, 0.05) is 55.0 Å². The minimum atomic E-state index is -1.49. The molecule has 4 N–H and O–H groups in total. The van der Waals surface area contributed by atoms with Crippen molar-refractivity contribution < 1.29 is 43.5 Å². The van der Waals surface area contributed by atoms with Gasteiger partial charge < -0.3 is 35.4 Å². The molecular formula is C39H56N6O9. The van der Waals surface area contributed by atoms with Gasteiger partial charge in [0.1, 0.15) is 12.1 Å². The molecular weight excluding hydrogens is 696 g/mol.